The summed E-state index contributed by atoms with van der Waals surface area (Å²) in [6.07, 6.45) is 6.72. The molecule has 96 valence electrons. The van der Waals surface area contributed by atoms with E-state index in [9.17, 15) is 0 Å². The SMILES string of the molecule is N=C(N)c1cc2c(nc1Sc1ccncc1)CCC2. The molecule has 0 amide bonds. The fourth-order valence-corrected chi connectivity index (χ4v) is 3.16. The van der Waals surface area contributed by atoms with Crippen LogP contribution in [0, 0.1) is 5.41 Å². The minimum atomic E-state index is 0.0822. The van der Waals surface area contributed by atoms with E-state index in [1.165, 1.54) is 17.3 Å². The van der Waals surface area contributed by atoms with Crippen molar-refractivity contribution in [2.24, 2.45) is 5.73 Å². The molecule has 2 aromatic rings. The Labute approximate surface area is 116 Å². The Morgan fingerprint density at radius 3 is 2.79 bits per heavy atom. The van der Waals surface area contributed by atoms with Crippen LogP contribution in [0.25, 0.3) is 0 Å². The van der Waals surface area contributed by atoms with Crippen LogP contribution in [-0.4, -0.2) is 15.8 Å². The molecule has 0 aliphatic heterocycles. The van der Waals surface area contributed by atoms with Crippen LogP contribution < -0.4 is 5.73 Å². The monoisotopic (exact) mass is 270 g/mol. The molecule has 4 nitrogen and oxygen atoms in total. The molecule has 3 N–H and O–H groups in total. The van der Waals surface area contributed by atoms with Crippen molar-refractivity contribution in [1.82, 2.24) is 9.97 Å². The average Bonchev–Trinajstić information content (AvgIpc) is 2.86. The zero-order chi connectivity index (χ0) is 13.2. The van der Waals surface area contributed by atoms with Gasteiger partial charge in [-0.2, -0.15) is 0 Å². The summed E-state index contributed by atoms with van der Waals surface area (Å²) in [5.41, 5.74) is 8.81. The summed E-state index contributed by atoms with van der Waals surface area (Å²) in [5.74, 6) is 0.0822. The maximum Gasteiger partial charge on any atom is 0.125 e. The number of amidine groups is 1. The largest absolute Gasteiger partial charge is 0.384 e. The molecule has 1 aliphatic rings. The van der Waals surface area contributed by atoms with Crippen LogP contribution in [0.2, 0.25) is 0 Å². The van der Waals surface area contributed by atoms with Gasteiger partial charge in [0, 0.05) is 28.5 Å². The van der Waals surface area contributed by atoms with Crippen LogP contribution in [0.3, 0.4) is 0 Å². The lowest BCUT2D eigenvalue weighted by atomic mass is 10.1. The summed E-state index contributed by atoms with van der Waals surface area (Å²) < 4.78 is 0. The first-order valence-corrected chi connectivity index (χ1v) is 7.01. The third-order valence-electron chi connectivity index (χ3n) is 3.17. The van der Waals surface area contributed by atoms with E-state index in [1.807, 2.05) is 18.2 Å². The number of aromatic nitrogens is 2. The first-order chi connectivity index (χ1) is 9.24. The Kier molecular flexibility index (Phi) is 3.21. The van der Waals surface area contributed by atoms with E-state index in [0.29, 0.717) is 0 Å². The lowest BCUT2D eigenvalue weighted by Crippen LogP contribution is -2.14. The van der Waals surface area contributed by atoms with Crippen molar-refractivity contribution in [3.05, 3.63) is 47.4 Å². The number of nitrogens with two attached hydrogens (primary N) is 1. The van der Waals surface area contributed by atoms with Crippen LogP contribution in [0.1, 0.15) is 23.2 Å². The second kappa shape index (κ2) is 5.01. The van der Waals surface area contributed by atoms with Crippen LogP contribution >= 0.6 is 11.8 Å². The van der Waals surface area contributed by atoms with Gasteiger partial charge in [0.25, 0.3) is 0 Å². The van der Waals surface area contributed by atoms with Gasteiger partial charge in [0.1, 0.15) is 10.9 Å². The summed E-state index contributed by atoms with van der Waals surface area (Å²) in [4.78, 5) is 9.75. The molecule has 0 atom stereocenters. The van der Waals surface area contributed by atoms with Gasteiger partial charge in [-0.3, -0.25) is 10.4 Å². The lowest BCUT2D eigenvalue weighted by Gasteiger charge is -2.10. The number of nitrogens with one attached hydrogen (secondary N) is 1. The number of hydrogen-bond acceptors (Lipinski definition) is 4. The van der Waals surface area contributed by atoms with Crippen molar-refractivity contribution in [3.63, 3.8) is 0 Å². The van der Waals surface area contributed by atoms with Gasteiger partial charge < -0.3 is 5.73 Å². The fraction of sp³-hybridized carbons (Fsp3) is 0.214. The molecule has 1 aliphatic carbocycles. The molecular weight excluding hydrogens is 256 g/mol. The van der Waals surface area contributed by atoms with Crippen molar-refractivity contribution in [2.45, 2.75) is 29.2 Å². The second-order valence-electron chi connectivity index (χ2n) is 4.50. The molecule has 0 spiro atoms. The van der Waals surface area contributed by atoms with E-state index in [0.717, 1.165) is 40.4 Å². The van der Waals surface area contributed by atoms with E-state index in [2.05, 4.69) is 4.98 Å². The minimum Gasteiger partial charge on any atom is -0.384 e. The highest BCUT2D eigenvalue weighted by Crippen LogP contribution is 2.32. The molecule has 19 heavy (non-hydrogen) atoms. The topological polar surface area (TPSA) is 75.7 Å². The Bertz CT molecular complexity index is 625. The highest BCUT2D eigenvalue weighted by molar-refractivity contribution is 7.99. The Hall–Kier alpha value is -1.88. The highest BCUT2D eigenvalue weighted by atomic mass is 32.2. The molecule has 0 saturated carbocycles. The molecule has 0 unspecified atom stereocenters. The normalized spacial score (nSPS) is 13.3. The van der Waals surface area contributed by atoms with Gasteiger partial charge in [0.2, 0.25) is 0 Å². The second-order valence-corrected chi connectivity index (χ2v) is 5.56. The van der Waals surface area contributed by atoms with Gasteiger partial charge in [-0.1, -0.05) is 11.8 Å². The summed E-state index contributed by atoms with van der Waals surface area (Å²) in [6.45, 7) is 0. The third kappa shape index (κ3) is 2.46. The molecule has 2 aromatic heterocycles. The van der Waals surface area contributed by atoms with Gasteiger partial charge in [-0.05, 0) is 43.0 Å². The molecular formula is C14H14N4S. The molecule has 0 fully saturated rings. The van der Waals surface area contributed by atoms with Crippen LogP contribution in [0.5, 0.6) is 0 Å². The number of fused-ring (bicyclic) bond motifs is 1. The Balaban J connectivity index is 2.02. The van der Waals surface area contributed by atoms with Gasteiger partial charge in [0.05, 0.1) is 0 Å². The molecule has 0 aromatic carbocycles. The van der Waals surface area contributed by atoms with Crippen molar-refractivity contribution in [2.75, 3.05) is 0 Å². The van der Waals surface area contributed by atoms with Gasteiger partial charge in [0.15, 0.2) is 0 Å². The predicted molar refractivity (Wildman–Crippen MR) is 75.6 cm³/mol. The quantitative estimate of drug-likeness (QED) is 0.663. The van der Waals surface area contributed by atoms with E-state index in [-0.39, 0.29) is 5.84 Å². The van der Waals surface area contributed by atoms with Crippen molar-refractivity contribution in [1.29, 1.82) is 5.41 Å². The van der Waals surface area contributed by atoms with Crippen molar-refractivity contribution in [3.8, 4) is 0 Å². The van der Waals surface area contributed by atoms with Crippen molar-refractivity contribution >= 4 is 17.6 Å². The van der Waals surface area contributed by atoms with E-state index in [4.69, 9.17) is 16.1 Å². The fourth-order valence-electron chi connectivity index (χ4n) is 2.24. The third-order valence-corrected chi connectivity index (χ3v) is 4.18. The Morgan fingerprint density at radius 2 is 2.05 bits per heavy atom. The number of pyridine rings is 2. The molecule has 5 heteroatoms. The zero-order valence-corrected chi connectivity index (χ0v) is 11.2. The van der Waals surface area contributed by atoms with Gasteiger partial charge in [-0.15, -0.1) is 0 Å². The van der Waals surface area contributed by atoms with Gasteiger partial charge in [-0.25, -0.2) is 4.98 Å². The number of hydrogen-bond donors (Lipinski definition) is 2. The van der Waals surface area contributed by atoms with Crippen LogP contribution in [0.15, 0.2) is 40.5 Å². The molecule has 0 saturated heterocycles. The maximum atomic E-state index is 7.72. The smallest absolute Gasteiger partial charge is 0.125 e. The maximum absolute atomic E-state index is 7.72. The minimum absolute atomic E-state index is 0.0822. The zero-order valence-electron chi connectivity index (χ0n) is 10.4. The molecule has 0 radical (unpaired) electrons. The number of nitrogen functional groups attached to an aromatic ring is 1. The average molecular weight is 270 g/mol. The first-order valence-electron chi connectivity index (χ1n) is 6.19. The van der Waals surface area contributed by atoms with Gasteiger partial charge >= 0.3 is 0 Å². The predicted octanol–water partition coefficient (Wildman–Crippen LogP) is 2.40. The number of aryl methyl sites for hydroxylation is 2. The van der Waals surface area contributed by atoms with Crippen molar-refractivity contribution < 1.29 is 0 Å². The van der Waals surface area contributed by atoms with E-state index >= 15 is 0 Å². The highest BCUT2D eigenvalue weighted by Gasteiger charge is 2.18. The summed E-state index contributed by atoms with van der Waals surface area (Å²) in [6, 6.07) is 5.90. The standard InChI is InChI=1S/C14H14N4S/c15-13(16)11-8-9-2-1-3-12(9)18-14(11)19-10-4-6-17-7-5-10/h4-8H,1-3H2,(H3,15,16). The molecule has 0 bridgehead atoms. The summed E-state index contributed by atoms with van der Waals surface area (Å²) in [5, 5.41) is 8.54. The van der Waals surface area contributed by atoms with Crippen LogP contribution in [0.4, 0.5) is 0 Å². The first kappa shape index (κ1) is 12.2. The van der Waals surface area contributed by atoms with E-state index < -0.39 is 0 Å². The number of rotatable bonds is 3. The summed E-state index contributed by atoms with van der Waals surface area (Å²) in [7, 11) is 0. The molecule has 2 heterocycles. The van der Waals surface area contributed by atoms with Crippen LogP contribution in [-0.2, 0) is 12.8 Å². The Morgan fingerprint density at radius 1 is 1.26 bits per heavy atom. The van der Waals surface area contributed by atoms with E-state index in [1.54, 1.807) is 12.4 Å². The molecule has 3 rings (SSSR count). The summed E-state index contributed by atoms with van der Waals surface area (Å²) >= 11 is 1.54. The lowest BCUT2D eigenvalue weighted by molar-refractivity contribution is 0.891. The number of nitrogens with zero attached hydrogens (tertiary/aromatic N) is 2.